The topological polar surface area (TPSA) is 265 Å². The second-order valence-corrected chi connectivity index (χ2v) is 16.1. The highest BCUT2D eigenvalue weighted by Gasteiger charge is 2.33. The molecule has 0 radical (unpaired) electrons. The van der Waals surface area contributed by atoms with Gasteiger partial charge in [0.25, 0.3) is 35.4 Å². The molecule has 3 aliphatic heterocycles. The Hall–Kier alpha value is -5.83. The number of carbonyl (C=O) groups excluding carboxylic acids is 11. The third-order valence-electron chi connectivity index (χ3n) is 10.2. The molecule has 0 unspecified atom stereocenters. The molecule has 0 aromatic heterocycles. The number of methoxy groups -OCH3 is 1. The number of carbonyl (C=O) groups is 11. The Kier molecular flexibility index (Phi) is 19.5. The minimum absolute atomic E-state index is 0.0262. The molecule has 0 aromatic rings. The molecule has 0 bridgehead atoms. The Balaban J connectivity index is 1.55. The van der Waals surface area contributed by atoms with Crippen molar-refractivity contribution in [2.45, 2.75) is 116 Å². The summed E-state index contributed by atoms with van der Waals surface area (Å²) in [6.45, 7) is 7.54. The van der Waals surface area contributed by atoms with Crippen molar-refractivity contribution in [3.05, 3.63) is 24.3 Å². The first kappa shape index (κ1) is 50.5. The predicted molar refractivity (Wildman–Crippen MR) is 216 cm³/mol. The highest BCUT2D eigenvalue weighted by molar-refractivity contribution is 6.13. The molecule has 3 heterocycles. The van der Waals surface area contributed by atoms with Gasteiger partial charge in [-0.05, 0) is 59.8 Å². The lowest BCUT2D eigenvalue weighted by Gasteiger charge is -2.28. The quantitative estimate of drug-likeness (QED) is 0.0675. The first-order valence-electron chi connectivity index (χ1n) is 20.7. The van der Waals surface area contributed by atoms with Gasteiger partial charge in [0.1, 0.15) is 6.04 Å². The largest absolute Gasteiger partial charge is 0.379 e. The lowest BCUT2D eigenvalue weighted by molar-refractivity contribution is -0.197. The zero-order valence-corrected chi connectivity index (χ0v) is 36.1. The summed E-state index contributed by atoms with van der Waals surface area (Å²) in [4.78, 5) is 145. The number of imide groups is 3. The van der Waals surface area contributed by atoms with Crippen LogP contribution >= 0.6 is 0 Å². The predicted octanol–water partition coefficient (Wildman–Crippen LogP) is -0.279. The van der Waals surface area contributed by atoms with Crippen LogP contribution in [0.3, 0.4) is 0 Å². The van der Waals surface area contributed by atoms with Gasteiger partial charge in [-0.25, -0.2) is 4.79 Å². The normalized spacial score (nSPS) is 15.8. The van der Waals surface area contributed by atoms with Crippen molar-refractivity contribution in [2.24, 2.45) is 0 Å². The summed E-state index contributed by atoms with van der Waals surface area (Å²) in [6.07, 6.45) is 5.07. The van der Waals surface area contributed by atoms with E-state index in [4.69, 9.17) is 14.3 Å². The Morgan fingerprint density at radius 1 is 0.710 bits per heavy atom. The zero-order chi connectivity index (χ0) is 46.0. The first-order valence-corrected chi connectivity index (χ1v) is 20.7. The van der Waals surface area contributed by atoms with Crippen LogP contribution in [0.5, 0.6) is 0 Å². The van der Waals surface area contributed by atoms with Crippen LogP contribution in [0.25, 0.3) is 0 Å². The average molecular weight is 874 g/mol. The van der Waals surface area contributed by atoms with Crippen LogP contribution in [0.4, 0.5) is 0 Å². The lowest BCUT2D eigenvalue weighted by atomic mass is 10.0. The van der Waals surface area contributed by atoms with Crippen molar-refractivity contribution in [1.29, 1.82) is 0 Å². The lowest BCUT2D eigenvalue weighted by Crippen LogP contribution is -2.47. The van der Waals surface area contributed by atoms with Crippen LogP contribution in [0.1, 0.15) is 98.3 Å². The molecule has 3 aliphatic rings. The minimum atomic E-state index is -1.08. The third kappa shape index (κ3) is 16.9. The zero-order valence-electron chi connectivity index (χ0n) is 36.1. The number of hydroxylamine groups is 2. The van der Waals surface area contributed by atoms with Crippen molar-refractivity contribution in [3.63, 3.8) is 0 Å². The van der Waals surface area contributed by atoms with Gasteiger partial charge in [-0.15, -0.1) is 5.06 Å². The fourth-order valence-corrected chi connectivity index (χ4v) is 6.27. The van der Waals surface area contributed by atoms with E-state index in [9.17, 15) is 52.7 Å². The Bertz CT molecular complexity index is 1690. The van der Waals surface area contributed by atoms with Crippen LogP contribution < -0.4 is 16.0 Å². The van der Waals surface area contributed by atoms with Gasteiger partial charge in [0.05, 0.1) is 24.2 Å². The number of rotatable bonds is 28. The van der Waals surface area contributed by atoms with Gasteiger partial charge in [0.2, 0.25) is 23.6 Å². The summed E-state index contributed by atoms with van der Waals surface area (Å²) in [6, 6.07) is -1.08. The number of nitrogens with zero attached hydrogens (tertiary/aromatic N) is 4. The molecule has 21 nitrogen and oxygen atoms in total. The van der Waals surface area contributed by atoms with Crippen LogP contribution in [-0.4, -0.2) is 155 Å². The van der Waals surface area contributed by atoms with E-state index in [0.29, 0.717) is 30.9 Å². The van der Waals surface area contributed by atoms with E-state index in [1.54, 1.807) is 7.11 Å². The summed E-state index contributed by atoms with van der Waals surface area (Å²) in [7, 11) is 1.62. The van der Waals surface area contributed by atoms with Crippen molar-refractivity contribution >= 4 is 65.0 Å². The van der Waals surface area contributed by atoms with Crippen LogP contribution in [-0.2, 0) is 67.1 Å². The molecule has 1 atom stereocenters. The first-order chi connectivity index (χ1) is 29.2. The van der Waals surface area contributed by atoms with Gasteiger partial charge >= 0.3 is 5.97 Å². The van der Waals surface area contributed by atoms with Gasteiger partial charge < -0.3 is 35.2 Å². The van der Waals surface area contributed by atoms with Gasteiger partial charge in [0, 0.05) is 103 Å². The van der Waals surface area contributed by atoms with E-state index in [0.717, 1.165) is 34.1 Å². The number of hydrogen-bond donors (Lipinski definition) is 3. The van der Waals surface area contributed by atoms with E-state index in [-0.39, 0.29) is 102 Å². The Morgan fingerprint density at radius 3 is 1.81 bits per heavy atom. The van der Waals surface area contributed by atoms with Gasteiger partial charge in [-0.1, -0.05) is 0 Å². The fraction of sp³-hybridized carbons (Fsp3) is 0.634. The highest BCUT2D eigenvalue weighted by Crippen LogP contribution is 2.19. The smallest absolute Gasteiger partial charge is 0.333 e. The van der Waals surface area contributed by atoms with E-state index in [1.807, 2.05) is 27.7 Å². The molecule has 0 spiro atoms. The number of amides is 10. The van der Waals surface area contributed by atoms with Crippen molar-refractivity contribution < 1.29 is 67.1 Å². The number of unbranched alkanes of at least 4 members (excludes halogenated alkanes) is 1. The molecule has 0 aliphatic carbocycles. The van der Waals surface area contributed by atoms with E-state index >= 15 is 0 Å². The van der Waals surface area contributed by atoms with Crippen LogP contribution in [0.2, 0.25) is 0 Å². The molecule has 3 N–H and O–H groups in total. The van der Waals surface area contributed by atoms with Crippen LogP contribution in [0, 0.1) is 0 Å². The summed E-state index contributed by atoms with van der Waals surface area (Å²) in [5.74, 6) is -6.41. The second kappa shape index (κ2) is 24.0. The van der Waals surface area contributed by atoms with Crippen molar-refractivity contribution in [3.8, 4) is 0 Å². The SMILES string of the molecule is COC(C)(C)CCOC(C)(C)CC(=O)NCCCC[C@H](NC(=O)CCC(=O)N(CCN1C(=O)C=CC1=O)CCN1C(=O)C=CC1=O)C(=O)NCCCC(=O)ON1C(=O)CCC1=O. The highest BCUT2D eigenvalue weighted by atomic mass is 16.7. The molecule has 21 heteroatoms. The maximum absolute atomic E-state index is 13.4. The van der Waals surface area contributed by atoms with Crippen molar-refractivity contribution in [1.82, 2.24) is 35.7 Å². The molecule has 0 saturated carbocycles. The summed E-state index contributed by atoms with van der Waals surface area (Å²) in [5.41, 5.74) is -1.10. The molecule has 1 fully saturated rings. The summed E-state index contributed by atoms with van der Waals surface area (Å²) in [5, 5.41) is 8.56. The molecule has 62 heavy (non-hydrogen) atoms. The second-order valence-electron chi connectivity index (χ2n) is 16.1. The Morgan fingerprint density at radius 2 is 1.26 bits per heavy atom. The van der Waals surface area contributed by atoms with Gasteiger partial charge in [-0.3, -0.25) is 57.7 Å². The van der Waals surface area contributed by atoms with Crippen LogP contribution in [0.15, 0.2) is 24.3 Å². The molecule has 3 rings (SSSR count). The summed E-state index contributed by atoms with van der Waals surface area (Å²) < 4.78 is 11.3. The maximum Gasteiger partial charge on any atom is 0.333 e. The molecule has 342 valence electrons. The standard InChI is InChI=1S/C41H59N7O14/c1-40(2,60-5)19-26-61-41(3,4)27-30(50)42-20-7-6-9-28(39(59)43-21-8-10-38(58)62-48-36(56)17-18-37(48)57)44-29(49)11-12-31(51)45(22-24-46-32(52)13-14-33(46)53)23-25-47-34(54)15-16-35(47)55/h13-16,28H,6-12,17-27H2,1-5H3,(H,42,50)(H,43,59)(H,44,49)/t28-/m0/s1. The third-order valence-corrected chi connectivity index (χ3v) is 10.2. The number of nitrogens with one attached hydrogen (secondary N) is 3. The number of hydrogen-bond acceptors (Lipinski definition) is 14. The van der Waals surface area contributed by atoms with Gasteiger partial charge in [0.15, 0.2) is 0 Å². The molecule has 0 aromatic carbocycles. The molecule has 1 saturated heterocycles. The monoisotopic (exact) mass is 873 g/mol. The average Bonchev–Trinajstić information content (AvgIpc) is 3.83. The minimum Gasteiger partial charge on any atom is -0.379 e. The fourth-order valence-electron chi connectivity index (χ4n) is 6.27. The van der Waals surface area contributed by atoms with E-state index in [2.05, 4.69) is 16.0 Å². The van der Waals surface area contributed by atoms with E-state index in [1.165, 1.54) is 4.90 Å². The van der Waals surface area contributed by atoms with Gasteiger partial charge in [-0.2, -0.15) is 0 Å². The van der Waals surface area contributed by atoms with E-state index < -0.39 is 70.8 Å². The molecular formula is C41H59N7O14. The summed E-state index contributed by atoms with van der Waals surface area (Å²) >= 11 is 0. The number of ether oxygens (including phenoxy) is 2. The maximum atomic E-state index is 13.4. The van der Waals surface area contributed by atoms with Crippen molar-refractivity contribution in [2.75, 3.05) is 53.0 Å². The molecule has 10 amide bonds. The Labute approximate surface area is 360 Å². The molecular weight excluding hydrogens is 814 g/mol.